The number of rotatable bonds is 11. The van der Waals surface area contributed by atoms with Crippen LogP contribution in [-0.4, -0.2) is 64.2 Å². The van der Waals surface area contributed by atoms with Gasteiger partial charge in [0.1, 0.15) is 0 Å². The van der Waals surface area contributed by atoms with E-state index in [2.05, 4.69) is 17.2 Å². The monoisotopic (exact) mass is 561 g/mol. The Bertz CT molecular complexity index is 984. The van der Waals surface area contributed by atoms with Gasteiger partial charge >= 0.3 is 0 Å². The molecule has 5 unspecified atom stereocenters. The van der Waals surface area contributed by atoms with Gasteiger partial charge in [0.05, 0.1) is 30.4 Å². The third-order valence-electron chi connectivity index (χ3n) is 7.65. The third-order valence-corrected chi connectivity index (χ3v) is 10.6. The molecular formula is C30H43NO5S2. The quantitative estimate of drug-likeness (QED) is 0.186. The molecule has 8 heteroatoms. The number of carbonyl (C=O) groups is 1. The molecule has 0 radical (unpaired) electrons. The number of aliphatic hydroxyl groups excluding tert-OH is 1. The minimum Gasteiger partial charge on any atom is -0.393 e. The molecule has 38 heavy (non-hydrogen) atoms. The van der Waals surface area contributed by atoms with Gasteiger partial charge in [0, 0.05) is 35.6 Å². The fraction of sp³-hybridized carbons (Fsp3) is 0.700. The number of ether oxygens (including phenoxy) is 2. The van der Waals surface area contributed by atoms with Gasteiger partial charge < -0.3 is 25.0 Å². The Kier molecular flexibility index (Phi) is 10.5. The Morgan fingerprint density at radius 3 is 2.55 bits per heavy atom. The van der Waals surface area contributed by atoms with Crippen LogP contribution in [0.3, 0.4) is 0 Å². The van der Waals surface area contributed by atoms with E-state index < -0.39 is 24.1 Å². The van der Waals surface area contributed by atoms with Crippen molar-refractivity contribution < 1.29 is 24.5 Å². The number of likely N-dealkylation sites (N-methyl/N-ethyl adjacent to an activating group) is 1. The first-order valence-electron chi connectivity index (χ1n) is 14.1. The molecule has 4 rings (SSSR count). The summed E-state index contributed by atoms with van der Waals surface area (Å²) in [7, 11) is 5.55. The molecule has 6 nitrogen and oxygen atoms in total. The zero-order valence-electron chi connectivity index (χ0n) is 23.1. The Labute approximate surface area is 235 Å². The van der Waals surface area contributed by atoms with Crippen molar-refractivity contribution in [3.05, 3.63) is 35.1 Å². The summed E-state index contributed by atoms with van der Waals surface area (Å²) in [5, 5.41) is 26.0. The Morgan fingerprint density at radius 2 is 1.97 bits per heavy atom. The van der Waals surface area contributed by atoms with Gasteiger partial charge in [0.25, 0.3) is 0 Å². The molecular weight excluding hydrogens is 518 g/mol. The van der Waals surface area contributed by atoms with Crippen molar-refractivity contribution in [3.63, 3.8) is 0 Å². The van der Waals surface area contributed by atoms with E-state index >= 15 is 0 Å². The molecule has 210 valence electrons. The number of hydrogen-bond acceptors (Lipinski definition) is 8. The minimum atomic E-state index is -1.61. The van der Waals surface area contributed by atoms with Crippen molar-refractivity contribution in [2.75, 3.05) is 12.8 Å². The van der Waals surface area contributed by atoms with Crippen LogP contribution in [0.4, 0.5) is 0 Å². The highest BCUT2D eigenvalue weighted by Gasteiger charge is 2.45. The molecule has 0 bridgehead atoms. The van der Waals surface area contributed by atoms with E-state index in [4.69, 9.17) is 9.47 Å². The summed E-state index contributed by atoms with van der Waals surface area (Å²) in [4.78, 5) is 13.3. The van der Waals surface area contributed by atoms with Gasteiger partial charge in [0.2, 0.25) is 0 Å². The fourth-order valence-electron chi connectivity index (χ4n) is 5.50. The molecule has 3 aliphatic carbocycles. The van der Waals surface area contributed by atoms with Crippen LogP contribution in [0.2, 0.25) is 0 Å². The summed E-state index contributed by atoms with van der Waals surface area (Å²) in [6.45, 7) is 5.79. The lowest BCUT2D eigenvalue weighted by atomic mass is 9.75. The van der Waals surface area contributed by atoms with Crippen molar-refractivity contribution in [1.29, 1.82) is 0 Å². The van der Waals surface area contributed by atoms with Crippen molar-refractivity contribution in [2.45, 2.75) is 108 Å². The maximum Gasteiger partial charge on any atom is 0.183 e. The van der Waals surface area contributed by atoms with Gasteiger partial charge in [0.15, 0.2) is 17.7 Å². The van der Waals surface area contributed by atoms with Gasteiger partial charge in [-0.1, -0.05) is 52.5 Å². The average Bonchev–Trinajstić information content (AvgIpc) is 3.78. The number of aliphatic hydroxyl groups is 2. The SMILES string of the molecule is C/C=C\C#CC1(O)CC(=O)C(NC)=C(C(CC)OC2CC(O)CC(C)O2)/C1=C\CSSC(C1CC1)C1CC1. The lowest BCUT2D eigenvalue weighted by Crippen LogP contribution is -2.45. The van der Waals surface area contributed by atoms with E-state index in [0.29, 0.717) is 41.9 Å². The van der Waals surface area contributed by atoms with Crippen molar-refractivity contribution in [3.8, 4) is 11.8 Å². The van der Waals surface area contributed by atoms with Crippen molar-refractivity contribution in [1.82, 2.24) is 5.32 Å². The summed E-state index contributed by atoms with van der Waals surface area (Å²) in [5.41, 5.74) is 0.126. The van der Waals surface area contributed by atoms with Crippen LogP contribution in [-0.2, 0) is 14.3 Å². The second-order valence-corrected chi connectivity index (χ2v) is 13.5. The van der Waals surface area contributed by atoms with E-state index in [0.717, 1.165) is 17.1 Å². The molecule has 0 amide bonds. The molecule has 3 N–H and O–H groups in total. The maximum absolute atomic E-state index is 13.3. The predicted molar refractivity (Wildman–Crippen MR) is 155 cm³/mol. The molecule has 0 aromatic rings. The van der Waals surface area contributed by atoms with Crippen LogP contribution in [0.5, 0.6) is 0 Å². The number of carbonyl (C=O) groups excluding carboxylic acids is 1. The van der Waals surface area contributed by atoms with Crippen LogP contribution in [0.25, 0.3) is 0 Å². The number of Topliss-reactive ketones (excluding diaryl/α,β-unsaturated/α-hetero) is 1. The molecule has 1 heterocycles. The number of hydrogen-bond donors (Lipinski definition) is 3. The summed E-state index contributed by atoms with van der Waals surface area (Å²) < 4.78 is 12.4. The van der Waals surface area contributed by atoms with Gasteiger partial charge in [-0.15, -0.1) is 0 Å². The van der Waals surface area contributed by atoms with Crippen LogP contribution in [0.1, 0.15) is 72.1 Å². The van der Waals surface area contributed by atoms with Crippen LogP contribution in [0, 0.1) is 23.7 Å². The first kappa shape index (κ1) is 29.8. The molecule has 2 saturated carbocycles. The molecule has 0 spiro atoms. The number of ketones is 1. The summed E-state index contributed by atoms with van der Waals surface area (Å²) >= 11 is 0. The van der Waals surface area contributed by atoms with Crippen LogP contribution in [0.15, 0.2) is 35.1 Å². The smallest absolute Gasteiger partial charge is 0.183 e. The average molecular weight is 562 g/mol. The van der Waals surface area contributed by atoms with Gasteiger partial charge in [-0.3, -0.25) is 4.79 Å². The van der Waals surface area contributed by atoms with Gasteiger partial charge in [-0.05, 0) is 70.3 Å². The highest BCUT2D eigenvalue weighted by atomic mass is 33.1. The number of nitrogens with one attached hydrogen (secondary N) is 1. The normalized spacial score (nSPS) is 32.1. The molecule has 5 atom stereocenters. The zero-order valence-corrected chi connectivity index (χ0v) is 24.7. The summed E-state index contributed by atoms with van der Waals surface area (Å²) in [6.07, 6.45) is 10.6. The summed E-state index contributed by atoms with van der Waals surface area (Å²) in [5.74, 6) is 8.14. The predicted octanol–water partition coefficient (Wildman–Crippen LogP) is 4.92. The molecule has 3 fully saturated rings. The molecule has 1 aliphatic heterocycles. The van der Waals surface area contributed by atoms with Crippen LogP contribution < -0.4 is 5.32 Å². The van der Waals surface area contributed by atoms with E-state index in [1.165, 1.54) is 25.7 Å². The first-order chi connectivity index (χ1) is 18.3. The van der Waals surface area contributed by atoms with E-state index in [1.54, 1.807) is 13.1 Å². The van der Waals surface area contributed by atoms with E-state index in [9.17, 15) is 15.0 Å². The van der Waals surface area contributed by atoms with Gasteiger partial charge in [-0.25, -0.2) is 0 Å². The topological polar surface area (TPSA) is 88.0 Å². The van der Waals surface area contributed by atoms with Crippen LogP contribution >= 0.6 is 21.6 Å². The molecule has 0 aromatic carbocycles. The second kappa shape index (κ2) is 13.4. The maximum atomic E-state index is 13.3. The van der Waals surface area contributed by atoms with Crippen molar-refractivity contribution in [2.24, 2.45) is 11.8 Å². The molecule has 1 saturated heterocycles. The standard InChI is InChI=1S/C30H43NO5S2/c1-5-7-8-14-30(34)18-24(33)28(31-4)27(25(6-2)36-26-17-22(32)16-19(3)35-26)23(30)13-15-37-38-29(20-9-10-20)21-11-12-21/h5,7,13,19-22,25-26,29,31-32,34H,6,9-12,15-18H2,1-4H3/b7-5-,23-13+. The van der Waals surface area contributed by atoms with E-state index in [-0.39, 0.29) is 18.3 Å². The first-order valence-corrected chi connectivity index (χ1v) is 16.5. The largest absolute Gasteiger partial charge is 0.393 e. The Morgan fingerprint density at radius 1 is 1.26 bits per heavy atom. The molecule has 0 aromatic heterocycles. The third kappa shape index (κ3) is 7.50. The summed E-state index contributed by atoms with van der Waals surface area (Å²) in [6, 6.07) is 0. The van der Waals surface area contributed by atoms with Crippen molar-refractivity contribution >= 4 is 27.4 Å². The number of allylic oxidation sites excluding steroid dienone is 3. The fourth-order valence-corrected chi connectivity index (χ4v) is 8.69. The lowest BCUT2D eigenvalue weighted by Gasteiger charge is -2.39. The Hall–Kier alpha value is -1.21. The minimum absolute atomic E-state index is 0.111. The molecule has 4 aliphatic rings. The highest BCUT2D eigenvalue weighted by molar-refractivity contribution is 8.77. The van der Waals surface area contributed by atoms with E-state index in [1.807, 2.05) is 54.5 Å². The van der Waals surface area contributed by atoms with Gasteiger partial charge in [-0.2, -0.15) is 0 Å². The zero-order chi connectivity index (χ0) is 27.3. The Balaban J connectivity index is 1.63. The lowest BCUT2D eigenvalue weighted by molar-refractivity contribution is -0.224. The highest BCUT2D eigenvalue weighted by Crippen LogP contribution is 2.53. The second-order valence-electron chi connectivity index (χ2n) is 10.9.